The zero-order valence-corrected chi connectivity index (χ0v) is 17.8. The van der Waals surface area contributed by atoms with Gasteiger partial charge in [0.25, 0.3) is 5.91 Å². The Morgan fingerprint density at radius 1 is 0.971 bits per heavy atom. The van der Waals surface area contributed by atoms with Gasteiger partial charge < -0.3 is 10.1 Å². The van der Waals surface area contributed by atoms with Crippen LogP contribution in [0, 0.1) is 5.82 Å². The fraction of sp³-hybridized carbons (Fsp3) is 0.125. The molecule has 0 unspecified atom stereocenters. The zero-order valence-electron chi connectivity index (χ0n) is 17.8. The first-order chi connectivity index (χ1) is 16.2. The van der Waals surface area contributed by atoms with Crippen molar-refractivity contribution in [3.63, 3.8) is 0 Å². The van der Waals surface area contributed by atoms with Crippen molar-refractivity contribution < 1.29 is 27.1 Å². The number of rotatable bonds is 6. The summed E-state index contributed by atoms with van der Waals surface area (Å²) in [6, 6.07) is 16.4. The Bertz CT molecular complexity index is 1280. The first kappa shape index (κ1) is 23.0. The van der Waals surface area contributed by atoms with E-state index < -0.39 is 23.5 Å². The molecule has 3 aromatic carbocycles. The molecule has 1 amide bonds. The van der Waals surface area contributed by atoms with Gasteiger partial charge in [-0.05, 0) is 67.6 Å². The van der Waals surface area contributed by atoms with E-state index in [2.05, 4.69) is 15.4 Å². The average Bonchev–Trinajstić information content (AvgIpc) is 3.23. The van der Waals surface area contributed by atoms with Crippen LogP contribution in [0.15, 0.2) is 72.8 Å². The highest BCUT2D eigenvalue weighted by Gasteiger charge is 2.30. The first-order valence-electron chi connectivity index (χ1n) is 10.2. The topological polar surface area (TPSA) is 69.0 Å². The molecule has 0 fully saturated rings. The fourth-order valence-corrected chi connectivity index (χ4v) is 3.15. The summed E-state index contributed by atoms with van der Waals surface area (Å²) < 4.78 is 58.7. The molecule has 34 heavy (non-hydrogen) atoms. The number of amides is 1. The van der Waals surface area contributed by atoms with Crippen molar-refractivity contribution in [2.45, 2.75) is 13.1 Å². The van der Waals surface area contributed by atoms with Gasteiger partial charge in [0, 0.05) is 16.8 Å². The van der Waals surface area contributed by atoms with E-state index in [-0.39, 0.29) is 6.01 Å². The normalized spacial score (nSPS) is 11.3. The van der Waals surface area contributed by atoms with E-state index in [0.29, 0.717) is 34.9 Å². The molecule has 10 heteroatoms. The average molecular weight is 470 g/mol. The number of nitrogens with one attached hydrogen (secondary N) is 1. The highest BCUT2D eigenvalue weighted by Crippen LogP contribution is 2.31. The van der Waals surface area contributed by atoms with Crippen molar-refractivity contribution in [2.24, 2.45) is 0 Å². The SMILES string of the molecule is CCOc1nc(-c2ccc(C(F)(F)F)cc2)n(-c2ccc(NC(=O)c3ccc(F)cc3)cc2)n1. The van der Waals surface area contributed by atoms with Gasteiger partial charge >= 0.3 is 12.2 Å². The molecule has 1 heterocycles. The number of alkyl halides is 3. The number of benzene rings is 3. The molecular formula is C24H18F4N4O2. The number of anilines is 1. The standard InChI is InChI=1S/C24H18F4N4O2/c1-2-34-23-30-21(15-3-7-17(8-4-15)24(26,27)28)32(31-23)20-13-11-19(12-14-20)29-22(33)16-5-9-18(25)10-6-16/h3-14H,2H2,1H3,(H,29,33). The molecule has 0 atom stereocenters. The van der Waals surface area contributed by atoms with Crippen LogP contribution in [-0.2, 0) is 6.18 Å². The third-order valence-electron chi connectivity index (χ3n) is 4.81. The summed E-state index contributed by atoms with van der Waals surface area (Å²) in [5.41, 5.74) is 0.980. The van der Waals surface area contributed by atoms with E-state index in [1.807, 2.05) is 0 Å². The van der Waals surface area contributed by atoms with E-state index in [9.17, 15) is 22.4 Å². The smallest absolute Gasteiger partial charge is 0.416 e. The molecule has 0 saturated carbocycles. The van der Waals surface area contributed by atoms with Gasteiger partial charge in [-0.3, -0.25) is 4.79 Å². The Morgan fingerprint density at radius 3 is 2.21 bits per heavy atom. The summed E-state index contributed by atoms with van der Waals surface area (Å²) in [6.07, 6.45) is -4.45. The summed E-state index contributed by atoms with van der Waals surface area (Å²) in [5.74, 6) is -0.554. The molecule has 4 aromatic rings. The van der Waals surface area contributed by atoms with Crippen LogP contribution >= 0.6 is 0 Å². The molecule has 0 bridgehead atoms. The van der Waals surface area contributed by atoms with E-state index in [4.69, 9.17) is 4.74 Å². The van der Waals surface area contributed by atoms with Gasteiger partial charge in [-0.15, -0.1) is 5.10 Å². The van der Waals surface area contributed by atoms with Crippen molar-refractivity contribution in [3.8, 4) is 23.1 Å². The molecular weight excluding hydrogens is 452 g/mol. The number of halogens is 4. The molecule has 0 saturated heterocycles. The molecule has 1 aromatic heterocycles. The summed E-state index contributed by atoms with van der Waals surface area (Å²) >= 11 is 0. The summed E-state index contributed by atoms with van der Waals surface area (Å²) in [4.78, 5) is 16.6. The van der Waals surface area contributed by atoms with Gasteiger partial charge in [0.1, 0.15) is 5.82 Å². The quantitative estimate of drug-likeness (QED) is 0.365. The highest BCUT2D eigenvalue weighted by atomic mass is 19.4. The molecule has 0 aliphatic heterocycles. The number of carbonyl (C=O) groups is 1. The Labute approximate surface area is 191 Å². The van der Waals surface area contributed by atoms with Crippen LogP contribution in [0.4, 0.5) is 23.2 Å². The number of hydrogen-bond donors (Lipinski definition) is 1. The Kier molecular flexibility index (Phi) is 6.31. The Hall–Kier alpha value is -4.21. The lowest BCUT2D eigenvalue weighted by atomic mass is 10.1. The Morgan fingerprint density at radius 2 is 1.62 bits per heavy atom. The minimum atomic E-state index is -4.45. The molecule has 0 spiro atoms. The van der Waals surface area contributed by atoms with E-state index in [1.165, 1.54) is 41.1 Å². The molecule has 0 aliphatic rings. The Balaban J connectivity index is 1.61. The molecule has 4 rings (SSSR count). The lowest BCUT2D eigenvalue weighted by Gasteiger charge is -2.10. The number of ether oxygens (including phenoxy) is 1. The lowest BCUT2D eigenvalue weighted by Crippen LogP contribution is -2.11. The molecule has 0 aliphatic carbocycles. The highest BCUT2D eigenvalue weighted by molar-refractivity contribution is 6.04. The van der Waals surface area contributed by atoms with Gasteiger partial charge in [0.15, 0.2) is 5.82 Å². The van der Waals surface area contributed by atoms with Crippen LogP contribution in [0.5, 0.6) is 6.01 Å². The molecule has 174 valence electrons. The van der Waals surface area contributed by atoms with Crippen LogP contribution in [0.1, 0.15) is 22.8 Å². The summed E-state index contributed by atoms with van der Waals surface area (Å²) in [7, 11) is 0. The van der Waals surface area contributed by atoms with Crippen molar-refractivity contribution in [3.05, 3.63) is 89.7 Å². The van der Waals surface area contributed by atoms with Crippen LogP contribution < -0.4 is 10.1 Å². The van der Waals surface area contributed by atoms with E-state index in [1.54, 1.807) is 31.2 Å². The van der Waals surface area contributed by atoms with Gasteiger partial charge in [-0.2, -0.15) is 18.2 Å². The maximum atomic E-state index is 13.1. The van der Waals surface area contributed by atoms with E-state index >= 15 is 0 Å². The minimum Gasteiger partial charge on any atom is -0.463 e. The summed E-state index contributed by atoms with van der Waals surface area (Å²) in [6.45, 7) is 2.07. The summed E-state index contributed by atoms with van der Waals surface area (Å²) in [5, 5.41) is 7.01. The second-order valence-electron chi connectivity index (χ2n) is 7.15. The largest absolute Gasteiger partial charge is 0.463 e. The van der Waals surface area contributed by atoms with Gasteiger partial charge in [0.2, 0.25) is 0 Å². The first-order valence-corrected chi connectivity index (χ1v) is 10.2. The number of carbonyl (C=O) groups excluding carboxylic acids is 1. The number of aromatic nitrogens is 3. The van der Waals surface area contributed by atoms with Gasteiger partial charge in [-0.25, -0.2) is 9.07 Å². The van der Waals surface area contributed by atoms with Crippen molar-refractivity contribution in [1.29, 1.82) is 0 Å². The third kappa shape index (κ3) is 5.06. The fourth-order valence-electron chi connectivity index (χ4n) is 3.15. The lowest BCUT2D eigenvalue weighted by molar-refractivity contribution is -0.137. The van der Waals surface area contributed by atoms with E-state index in [0.717, 1.165) is 12.1 Å². The van der Waals surface area contributed by atoms with Crippen molar-refractivity contribution in [1.82, 2.24) is 14.8 Å². The van der Waals surface area contributed by atoms with Crippen LogP contribution in [-0.4, -0.2) is 27.3 Å². The molecule has 6 nitrogen and oxygen atoms in total. The second kappa shape index (κ2) is 9.34. The van der Waals surface area contributed by atoms with Crippen molar-refractivity contribution in [2.75, 3.05) is 11.9 Å². The molecule has 0 radical (unpaired) electrons. The number of hydrogen-bond acceptors (Lipinski definition) is 4. The third-order valence-corrected chi connectivity index (χ3v) is 4.81. The monoisotopic (exact) mass is 470 g/mol. The maximum absolute atomic E-state index is 13.1. The van der Waals surface area contributed by atoms with Crippen LogP contribution in [0.3, 0.4) is 0 Å². The predicted octanol–water partition coefficient (Wildman–Crippen LogP) is 5.74. The second-order valence-corrected chi connectivity index (χ2v) is 7.15. The van der Waals surface area contributed by atoms with Gasteiger partial charge in [-0.1, -0.05) is 12.1 Å². The predicted molar refractivity (Wildman–Crippen MR) is 117 cm³/mol. The number of nitrogens with zero attached hydrogens (tertiary/aromatic N) is 3. The maximum Gasteiger partial charge on any atom is 0.416 e. The van der Waals surface area contributed by atoms with Crippen LogP contribution in [0.2, 0.25) is 0 Å². The van der Waals surface area contributed by atoms with Crippen molar-refractivity contribution >= 4 is 11.6 Å². The zero-order chi connectivity index (χ0) is 24.3. The molecule has 1 N–H and O–H groups in total. The van der Waals surface area contributed by atoms with Gasteiger partial charge in [0.05, 0.1) is 17.9 Å². The van der Waals surface area contributed by atoms with Crippen LogP contribution in [0.25, 0.3) is 17.1 Å². The minimum absolute atomic E-state index is 0.0751.